The van der Waals surface area contributed by atoms with Crippen molar-refractivity contribution in [1.29, 1.82) is 0 Å². The Morgan fingerprint density at radius 1 is 1.19 bits per heavy atom. The molecule has 1 amide bonds. The van der Waals surface area contributed by atoms with Gasteiger partial charge in [-0.25, -0.2) is 9.97 Å². The minimum atomic E-state index is -0.406. The second-order valence-corrected chi connectivity index (χ2v) is 8.75. The molecule has 0 radical (unpaired) electrons. The molecule has 1 fully saturated rings. The summed E-state index contributed by atoms with van der Waals surface area (Å²) in [5, 5.41) is 20.4. The van der Waals surface area contributed by atoms with Crippen LogP contribution < -0.4 is 10.8 Å². The second-order valence-electron chi connectivity index (χ2n) is 7.76. The van der Waals surface area contributed by atoms with Gasteiger partial charge in [-0.1, -0.05) is 26.7 Å². The zero-order valence-corrected chi connectivity index (χ0v) is 18.1. The van der Waals surface area contributed by atoms with Gasteiger partial charge in [-0.2, -0.15) is 0 Å². The van der Waals surface area contributed by atoms with Gasteiger partial charge in [0.05, 0.1) is 11.3 Å². The van der Waals surface area contributed by atoms with Crippen LogP contribution in [0.5, 0.6) is 0 Å². The predicted octanol–water partition coefficient (Wildman–Crippen LogP) is 4.85. The van der Waals surface area contributed by atoms with Gasteiger partial charge in [0.15, 0.2) is 0 Å². The van der Waals surface area contributed by atoms with Crippen LogP contribution in [0.15, 0.2) is 45.1 Å². The number of nitrogens with zero attached hydrogens (tertiary/aromatic N) is 4. The van der Waals surface area contributed by atoms with Crippen molar-refractivity contribution in [3.63, 3.8) is 0 Å². The Morgan fingerprint density at radius 2 is 1.94 bits per heavy atom. The highest BCUT2D eigenvalue weighted by atomic mass is 32.2. The highest BCUT2D eigenvalue weighted by Crippen LogP contribution is 2.34. The molecule has 9 nitrogen and oxygen atoms in total. The average molecular weight is 441 g/mol. The second kappa shape index (κ2) is 9.44. The van der Waals surface area contributed by atoms with Gasteiger partial charge in [0.2, 0.25) is 11.8 Å². The lowest BCUT2D eigenvalue weighted by Crippen LogP contribution is -2.15. The van der Waals surface area contributed by atoms with Crippen LogP contribution in [0.3, 0.4) is 0 Å². The first-order valence-corrected chi connectivity index (χ1v) is 11.0. The number of hydrogen-bond donors (Lipinski definition) is 3. The molecule has 1 aliphatic rings. The molecule has 2 heterocycles. The Morgan fingerprint density at radius 3 is 2.58 bits per heavy atom. The van der Waals surface area contributed by atoms with E-state index in [2.05, 4.69) is 31.0 Å². The lowest BCUT2D eigenvalue weighted by molar-refractivity contribution is 0.102. The van der Waals surface area contributed by atoms with Crippen molar-refractivity contribution in [1.82, 2.24) is 20.2 Å². The van der Waals surface area contributed by atoms with Crippen LogP contribution in [-0.4, -0.2) is 31.3 Å². The van der Waals surface area contributed by atoms with Crippen LogP contribution >= 0.6 is 11.8 Å². The van der Waals surface area contributed by atoms with Crippen molar-refractivity contribution < 1.29 is 14.4 Å². The van der Waals surface area contributed by atoms with E-state index in [0.717, 1.165) is 18.4 Å². The molecule has 3 aromatic rings. The maximum atomic E-state index is 13.0. The van der Waals surface area contributed by atoms with Crippen LogP contribution in [0.2, 0.25) is 0 Å². The number of anilines is 2. The van der Waals surface area contributed by atoms with Crippen LogP contribution in [0.4, 0.5) is 11.6 Å². The fourth-order valence-corrected chi connectivity index (χ4v) is 4.29. The number of rotatable bonds is 7. The molecule has 1 saturated carbocycles. The summed E-state index contributed by atoms with van der Waals surface area (Å²) in [6, 6.07) is 4.87. The molecule has 0 saturated heterocycles. The van der Waals surface area contributed by atoms with E-state index >= 15 is 0 Å². The molecule has 10 heteroatoms. The van der Waals surface area contributed by atoms with Gasteiger partial charge in [0, 0.05) is 23.2 Å². The van der Waals surface area contributed by atoms with Crippen molar-refractivity contribution in [2.45, 2.75) is 61.5 Å². The van der Waals surface area contributed by atoms with Gasteiger partial charge < -0.3 is 4.42 Å². The topological polar surface area (TPSA) is 126 Å². The number of aromatic nitrogens is 4. The van der Waals surface area contributed by atoms with Crippen molar-refractivity contribution in [2.24, 2.45) is 0 Å². The number of amides is 1. The summed E-state index contributed by atoms with van der Waals surface area (Å²) in [6.07, 6.45) is 8.35. The van der Waals surface area contributed by atoms with E-state index in [4.69, 9.17) is 4.42 Å². The van der Waals surface area contributed by atoms with Gasteiger partial charge in [-0.15, -0.1) is 10.2 Å². The Kier molecular flexibility index (Phi) is 6.47. The first-order chi connectivity index (χ1) is 15.0. The molecule has 3 N–H and O–H groups in total. The number of carbonyl (C=O) groups is 1. The Bertz CT molecular complexity index is 1050. The fraction of sp³-hybridized carbons (Fsp3) is 0.381. The smallest absolute Gasteiger partial charge is 0.281 e. The molecule has 4 rings (SSSR count). The van der Waals surface area contributed by atoms with Crippen LogP contribution in [0.25, 0.3) is 0 Å². The standard InChI is InChI=1S/C21H24N6O3S/c1-12(2)19-25-26-21(30-19)31-17-8-7-15(27-29)9-16(17)18(28)24-20-22-10-14(11-23-20)13-5-3-4-6-13/h7-13,27,29H,3-6H2,1-2H3,(H,22,23,24,28). The Balaban J connectivity index is 1.53. The molecule has 2 aromatic heterocycles. The average Bonchev–Trinajstić information content (AvgIpc) is 3.47. The monoisotopic (exact) mass is 440 g/mol. The van der Waals surface area contributed by atoms with Crippen molar-refractivity contribution in [3.8, 4) is 0 Å². The highest BCUT2D eigenvalue weighted by molar-refractivity contribution is 7.99. The fourth-order valence-electron chi connectivity index (χ4n) is 3.50. The van der Waals surface area contributed by atoms with Crippen molar-refractivity contribution in [2.75, 3.05) is 10.8 Å². The van der Waals surface area contributed by atoms with Crippen molar-refractivity contribution >= 4 is 29.3 Å². The summed E-state index contributed by atoms with van der Waals surface area (Å²) < 4.78 is 5.64. The number of hydrogen-bond acceptors (Lipinski definition) is 9. The minimum absolute atomic E-state index is 0.106. The molecule has 0 unspecified atom stereocenters. The van der Waals surface area contributed by atoms with E-state index < -0.39 is 5.91 Å². The van der Waals surface area contributed by atoms with E-state index in [0.29, 0.717) is 33.2 Å². The summed E-state index contributed by atoms with van der Waals surface area (Å²) in [5.74, 6) is 0.958. The van der Waals surface area contributed by atoms with Gasteiger partial charge >= 0.3 is 0 Å². The van der Waals surface area contributed by atoms with Crippen LogP contribution in [0.1, 0.15) is 73.2 Å². The first kappa shape index (κ1) is 21.3. The third-order valence-electron chi connectivity index (χ3n) is 5.19. The molecule has 31 heavy (non-hydrogen) atoms. The molecule has 0 atom stereocenters. The summed E-state index contributed by atoms with van der Waals surface area (Å²) in [5.41, 5.74) is 3.86. The lowest BCUT2D eigenvalue weighted by Gasteiger charge is -2.11. The maximum Gasteiger partial charge on any atom is 0.281 e. The van der Waals surface area contributed by atoms with E-state index in [1.807, 2.05) is 13.8 Å². The maximum absolute atomic E-state index is 13.0. The normalized spacial score (nSPS) is 14.2. The third-order valence-corrected chi connectivity index (χ3v) is 6.11. The zero-order chi connectivity index (χ0) is 21.8. The Labute approximate surface area is 184 Å². The zero-order valence-electron chi connectivity index (χ0n) is 17.3. The van der Waals surface area contributed by atoms with Gasteiger partial charge in [0.1, 0.15) is 0 Å². The number of benzene rings is 1. The summed E-state index contributed by atoms with van der Waals surface area (Å²) in [4.78, 5) is 22.2. The predicted molar refractivity (Wildman–Crippen MR) is 116 cm³/mol. The molecule has 1 aliphatic carbocycles. The number of nitrogens with one attached hydrogen (secondary N) is 2. The largest absolute Gasteiger partial charge is 0.415 e. The number of carbonyl (C=O) groups excluding carboxylic acids is 1. The Hall–Kier alpha value is -2.98. The summed E-state index contributed by atoms with van der Waals surface area (Å²) in [6.45, 7) is 3.92. The minimum Gasteiger partial charge on any atom is -0.415 e. The molecular weight excluding hydrogens is 416 g/mol. The van der Waals surface area contributed by atoms with E-state index in [-0.39, 0.29) is 11.9 Å². The quantitative estimate of drug-likeness (QED) is 0.442. The molecule has 0 aliphatic heterocycles. The molecule has 162 valence electrons. The van der Waals surface area contributed by atoms with E-state index in [1.165, 1.54) is 30.7 Å². The van der Waals surface area contributed by atoms with E-state index in [9.17, 15) is 10.0 Å². The first-order valence-electron chi connectivity index (χ1n) is 10.2. The van der Waals surface area contributed by atoms with Crippen LogP contribution in [-0.2, 0) is 0 Å². The lowest BCUT2D eigenvalue weighted by atomic mass is 10.0. The molecule has 0 spiro atoms. The molecular formula is C21H24N6O3S. The van der Waals surface area contributed by atoms with Crippen LogP contribution in [0, 0.1) is 0 Å². The van der Waals surface area contributed by atoms with Gasteiger partial charge in [-0.3, -0.25) is 20.8 Å². The van der Waals surface area contributed by atoms with Gasteiger partial charge in [-0.05, 0) is 54.3 Å². The SMILES string of the molecule is CC(C)c1nnc(Sc2ccc(NO)cc2C(=O)Nc2ncc(C3CCCC3)cn2)o1. The van der Waals surface area contributed by atoms with Crippen molar-refractivity contribution in [3.05, 3.63) is 47.6 Å². The summed E-state index contributed by atoms with van der Waals surface area (Å²) in [7, 11) is 0. The third kappa shape index (κ3) is 5.02. The molecule has 0 bridgehead atoms. The van der Waals surface area contributed by atoms with Gasteiger partial charge in [0.25, 0.3) is 11.1 Å². The van der Waals surface area contributed by atoms with E-state index in [1.54, 1.807) is 24.5 Å². The highest BCUT2D eigenvalue weighted by Gasteiger charge is 2.20. The summed E-state index contributed by atoms with van der Waals surface area (Å²) >= 11 is 1.18. The molecule has 1 aromatic carbocycles.